The number of benzene rings is 2. The van der Waals surface area contributed by atoms with Crippen LogP contribution >= 0.6 is 0 Å². The van der Waals surface area contributed by atoms with Crippen LogP contribution in [0.4, 0.5) is 0 Å². The first-order valence-electron chi connectivity index (χ1n) is 7.24. The lowest BCUT2D eigenvalue weighted by atomic mass is 10.2. The predicted octanol–water partition coefficient (Wildman–Crippen LogP) is 0.444. The molecular formula is C15H15N5O4S2. The summed E-state index contributed by atoms with van der Waals surface area (Å²) in [5.41, 5.74) is 0.508. The number of nitrogens with two attached hydrogens (primary N) is 2. The van der Waals surface area contributed by atoms with Crippen molar-refractivity contribution in [2.75, 3.05) is 0 Å². The Morgan fingerprint density at radius 3 is 1.42 bits per heavy atom. The molecule has 0 amide bonds. The molecule has 0 atom stereocenters. The zero-order valence-electron chi connectivity index (χ0n) is 13.6. The van der Waals surface area contributed by atoms with Crippen LogP contribution in [0.2, 0.25) is 0 Å². The summed E-state index contributed by atoms with van der Waals surface area (Å²) in [7, 11) is -6.38. The number of rotatable bonds is 4. The summed E-state index contributed by atoms with van der Waals surface area (Å²) in [6.07, 6.45) is 0. The molecule has 3 aromatic rings. The molecule has 0 radical (unpaired) electrons. The number of hydrogen-bond acceptors (Lipinski definition) is 6. The highest BCUT2D eigenvalue weighted by atomic mass is 32.2. The third kappa shape index (κ3) is 3.24. The van der Waals surface area contributed by atoms with Gasteiger partial charge in [0.1, 0.15) is 0 Å². The van der Waals surface area contributed by atoms with E-state index < -0.39 is 20.0 Å². The predicted molar refractivity (Wildman–Crippen MR) is 94.6 cm³/mol. The van der Waals surface area contributed by atoms with Crippen molar-refractivity contribution in [2.45, 2.75) is 9.79 Å². The Morgan fingerprint density at radius 1 is 0.731 bits per heavy atom. The summed E-state index contributed by atoms with van der Waals surface area (Å²) in [5, 5.41) is 18.6. The van der Waals surface area contributed by atoms with Gasteiger partial charge >= 0.3 is 0 Å². The maximum atomic E-state index is 11.8. The van der Waals surface area contributed by atoms with Gasteiger partial charge in [0.2, 0.25) is 20.0 Å². The lowest BCUT2D eigenvalue weighted by Crippen LogP contribution is -2.14. The molecule has 11 heteroatoms. The van der Waals surface area contributed by atoms with Crippen molar-refractivity contribution < 1.29 is 16.8 Å². The van der Waals surface area contributed by atoms with E-state index in [9.17, 15) is 16.8 Å². The van der Waals surface area contributed by atoms with Crippen LogP contribution in [0.1, 0.15) is 0 Å². The van der Waals surface area contributed by atoms with Crippen LogP contribution < -0.4 is 10.3 Å². The zero-order chi connectivity index (χ0) is 19.1. The lowest BCUT2D eigenvalue weighted by Gasteiger charge is -2.09. The van der Waals surface area contributed by atoms with Crippen LogP contribution in [-0.2, 0) is 27.1 Å². The largest absolute Gasteiger partial charge is 0.310 e. The molecule has 0 aliphatic heterocycles. The summed E-state index contributed by atoms with van der Waals surface area (Å²) in [6, 6.07) is 12.1. The van der Waals surface area contributed by atoms with Gasteiger partial charge in [0.15, 0.2) is 11.6 Å². The second kappa shape index (κ2) is 6.29. The first-order chi connectivity index (χ1) is 12.1. The van der Waals surface area contributed by atoms with Crippen molar-refractivity contribution in [3.63, 3.8) is 0 Å². The highest BCUT2D eigenvalue weighted by Gasteiger charge is 2.23. The normalized spacial score (nSPS) is 12.3. The Kier molecular flexibility index (Phi) is 4.40. The molecule has 0 saturated carbocycles. The van der Waals surface area contributed by atoms with Gasteiger partial charge in [0.05, 0.1) is 9.79 Å². The minimum absolute atomic E-state index is 0.109. The minimum Gasteiger partial charge on any atom is -0.310 e. The Bertz CT molecular complexity index is 1110. The number of nitrogens with zero attached hydrogens (tertiary/aromatic N) is 3. The molecule has 0 bridgehead atoms. The minimum atomic E-state index is -3.98. The molecule has 136 valence electrons. The number of primary sulfonamides is 2. The summed E-state index contributed by atoms with van der Waals surface area (Å²) < 4.78 is 48.8. The van der Waals surface area contributed by atoms with E-state index in [1.54, 1.807) is 31.3 Å². The average molecular weight is 393 g/mol. The van der Waals surface area contributed by atoms with E-state index in [2.05, 4.69) is 10.2 Å². The van der Waals surface area contributed by atoms with E-state index in [0.29, 0.717) is 0 Å². The molecule has 26 heavy (non-hydrogen) atoms. The fourth-order valence-corrected chi connectivity index (χ4v) is 4.07. The first kappa shape index (κ1) is 18.2. The molecule has 0 unspecified atom stereocenters. The van der Waals surface area contributed by atoms with Gasteiger partial charge in [-0.05, 0) is 24.3 Å². The Hall–Kier alpha value is -2.60. The molecule has 0 aliphatic rings. The smallest absolute Gasteiger partial charge is 0.238 e. The van der Waals surface area contributed by atoms with Gasteiger partial charge < -0.3 is 4.57 Å². The molecule has 1 aromatic heterocycles. The van der Waals surface area contributed by atoms with Crippen molar-refractivity contribution in [1.29, 1.82) is 0 Å². The summed E-state index contributed by atoms with van der Waals surface area (Å²) >= 11 is 0. The van der Waals surface area contributed by atoms with Crippen LogP contribution in [0.5, 0.6) is 0 Å². The van der Waals surface area contributed by atoms with Gasteiger partial charge in [-0.15, -0.1) is 10.2 Å². The van der Waals surface area contributed by atoms with Crippen LogP contribution in [-0.4, -0.2) is 31.6 Å². The summed E-state index contributed by atoms with van der Waals surface area (Å²) in [5.74, 6) is 0.433. The molecule has 3 rings (SSSR count). The van der Waals surface area contributed by atoms with Crippen molar-refractivity contribution in [3.8, 4) is 22.8 Å². The molecule has 1 heterocycles. The third-order valence-electron chi connectivity index (χ3n) is 3.74. The maximum absolute atomic E-state index is 11.8. The standard InChI is InChI=1S/C15H15N5O4S2/c1-20-14(10-6-2-4-8-12(10)25(16,21)22)18-19-15(20)11-7-3-5-9-13(11)26(17,23)24/h2-9H,1H3,(H2,16,21,22)(H2,17,23,24). The molecule has 4 N–H and O–H groups in total. The molecule has 9 nitrogen and oxygen atoms in total. The van der Waals surface area contributed by atoms with Crippen molar-refractivity contribution >= 4 is 20.0 Å². The number of aromatic nitrogens is 3. The van der Waals surface area contributed by atoms with E-state index in [4.69, 9.17) is 10.3 Å². The van der Waals surface area contributed by atoms with Gasteiger partial charge in [-0.25, -0.2) is 27.1 Å². The Labute approximate surface area is 150 Å². The number of hydrogen-bond donors (Lipinski definition) is 2. The van der Waals surface area contributed by atoms with Gasteiger partial charge in [0, 0.05) is 18.2 Å². The molecule has 2 aromatic carbocycles. The molecule has 0 spiro atoms. The number of sulfonamides is 2. The van der Waals surface area contributed by atoms with Crippen LogP contribution in [0.15, 0.2) is 58.3 Å². The van der Waals surface area contributed by atoms with Crippen LogP contribution in [0.25, 0.3) is 22.8 Å². The fraction of sp³-hybridized carbons (Fsp3) is 0.0667. The topological polar surface area (TPSA) is 151 Å². The molecule has 0 saturated heterocycles. The highest BCUT2D eigenvalue weighted by molar-refractivity contribution is 7.89. The quantitative estimate of drug-likeness (QED) is 0.656. The second-order valence-electron chi connectivity index (χ2n) is 5.49. The summed E-state index contributed by atoms with van der Waals surface area (Å²) in [4.78, 5) is -0.219. The average Bonchev–Trinajstić information content (AvgIpc) is 2.94. The molecule has 0 fully saturated rings. The fourth-order valence-electron chi connectivity index (χ4n) is 2.60. The Balaban J connectivity index is 2.25. The van der Waals surface area contributed by atoms with E-state index >= 15 is 0 Å². The van der Waals surface area contributed by atoms with E-state index in [0.717, 1.165) is 0 Å². The second-order valence-corrected chi connectivity index (χ2v) is 8.55. The third-order valence-corrected chi connectivity index (χ3v) is 5.68. The van der Waals surface area contributed by atoms with E-state index in [1.807, 2.05) is 0 Å². The van der Waals surface area contributed by atoms with Crippen LogP contribution in [0, 0.1) is 0 Å². The van der Waals surface area contributed by atoms with Gasteiger partial charge in [-0.1, -0.05) is 24.3 Å². The lowest BCUT2D eigenvalue weighted by molar-refractivity contribution is 0.596. The molecular weight excluding hydrogens is 378 g/mol. The van der Waals surface area contributed by atoms with Crippen molar-refractivity contribution in [2.24, 2.45) is 17.3 Å². The van der Waals surface area contributed by atoms with Crippen molar-refractivity contribution in [1.82, 2.24) is 14.8 Å². The van der Waals surface area contributed by atoms with Gasteiger partial charge in [-0.3, -0.25) is 0 Å². The van der Waals surface area contributed by atoms with Gasteiger partial charge in [0.25, 0.3) is 0 Å². The summed E-state index contributed by atoms with van der Waals surface area (Å²) in [6.45, 7) is 0. The van der Waals surface area contributed by atoms with Crippen LogP contribution in [0.3, 0.4) is 0 Å². The Morgan fingerprint density at radius 2 is 1.08 bits per heavy atom. The SMILES string of the molecule is Cn1c(-c2ccccc2S(N)(=O)=O)nnc1-c1ccccc1S(N)(=O)=O. The maximum Gasteiger partial charge on any atom is 0.238 e. The highest BCUT2D eigenvalue weighted by Crippen LogP contribution is 2.30. The van der Waals surface area contributed by atoms with Gasteiger partial charge in [-0.2, -0.15) is 0 Å². The first-order valence-corrected chi connectivity index (χ1v) is 10.3. The molecule has 0 aliphatic carbocycles. The van der Waals surface area contributed by atoms with E-state index in [1.165, 1.54) is 28.8 Å². The zero-order valence-corrected chi connectivity index (χ0v) is 15.2. The van der Waals surface area contributed by atoms with E-state index in [-0.39, 0.29) is 32.6 Å². The van der Waals surface area contributed by atoms with Crippen molar-refractivity contribution in [3.05, 3.63) is 48.5 Å². The monoisotopic (exact) mass is 393 g/mol.